The van der Waals surface area contributed by atoms with E-state index in [0.717, 1.165) is 6.42 Å². The molecule has 1 amide bonds. The zero-order valence-electron chi connectivity index (χ0n) is 9.66. The monoisotopic (exact) mass is 216 g/mol. The fraction of sp³-hybridized carbons (Fsp3) is 0.900. The van der Waals surface area contributed by atoms with Gasteiger partial charge >= 0.3 is 6.09 Å². The smallest absolute Gasteiger partial charge is 0.410 e. The fourth-order valence-electron chi connectivity index (χ4n) is 1.39. The van der Waals surface area contributed by atoms with Crippen molar-refractivity contribution in [3.63, 3.8) is 0 Å². The summed E-state index contributed by atoms with van der Waals surface area (Å²) in [7, 11) is 1.67. The summed E-state index contributed by atoms with van der Waals surface area (Å²) in [6, 6.07) is 0. The van der Waals surface area contributed by atoms with Crippen molar-refractivity contribution >= 4 is 6.09 Å². The molecule has 15 heavy (non-hydrogen) atoms. The van der Waals surface area contributed by atoms with Crippen molar-refractivity contribution in [3.05, 3.63) is 0 Å². The molecule has 0 aromatic rings. The number of carbonyl (C=O) groups excluding carboxylic acids is 1. The van der Waals surface area contributed by atoms with E-state index in [-0.39, 0.29) is 17.8 Å². The summed E-state index contributed by atoms with van der Waals surface area (Å²) in [5.41, 5.74) is 5.23. The molecule has 2 N–H and O–H groups in total. The maximum Gasteiger partial charge on any atom is 0.410 e. The molecule has 0 aromatic carbocycles. The zero-order chi connectivity index (χ0) is 11.5. The maximum atomic E-state index is 11.4. The number of ether oxygens (including phenoxy) is 2. The predicted octanol–water partition coefficient (Wildman–Crippen LogP) is 0.581. The van der Waals surface area contributed by atoms with E-state index in [1.807, 2.05) is 13.8 Å². The lowest BCUT2D eigenvalue weighted by atomic mass is 10.1. The second kappa shape index (κ2) is 4.81. The molecule has 5 heteroatoms. The highest BCUT2D eigenvalue weighted by molar-refractivity contribution is 5.69. The van der Waals surface area contributed by atoms with Crippen LogP contribution in [0.4, 0.5) is 4.79 Å². The van der Waals surface area contributed by atoms with Crippen LogP contribution >= 0.6 is 0 Å². The van der Waals surface area contributed by atoms with Gasteiger partial charge in [0.15, 0.2) is 0 Å². The third-order valence-corrected chi connectivity index (χ3v) is 2.75. The minimum atomic E-state index is -0.266. The van der Waals surface area contributed by atoms with Crippen LogP contribution in [0.25, 0.3) is 0 Å². The fourth-order valence-corrected chi connectivity index (χ4v) is 1.39. The van der Waals surface area contributed by atoms with E-state index in [0.29, 0.717) is 19.6 Å². The van der Waals surface area contributed by atoms with Crippen molar-refractivity contribution in [2.45, 2.75) is 32.0 Å². The molecular weight excluding hydrogens is 196 g/mol. The summed E-state index contributed by atoms with van der Waals surface area (Å²) in [5, 5.41) is 0. The second-order valence-corrected chi connectivity index (χ2v) is 4.40. The van der Waals surface area contributed by atoms with Crippen LogP contribution in [0.3, 0.4) is 0 Å². The van der Waals surface area contributed by atoms with Gasteiger partial charge in [-0.05, 0) is 20.3 Å². The Kier molecular flexibility index (Phi) is 3.93. The van der Waals surface area contributed by atoms with E-state index in [9.17, 15) is 4.79 Å². The van der Waals surface area contributed by atoms with Gasteiger partial charge in [0.25, 0.3) is 0 Å². The molecule has 0 aliphatic carbocycles. The van der Waals surface area contributed by atoms with Crippen molar-refractivity contribution in [2.24, 2.45) is 5.73 Å². The highest BCUT2D eigenvalue weighted by Gasteiger charge is 2.31. The van der Waals surface area contributed by atoms with E-state index in [1.54, 1.807) is 12.0 Å². The lowest BCUT2D eigenvalue weighted by Crippen LogP contribution is -2.33. The van der Waals surface area contributed by atoms with Gasteiger partial charge in [-0.2, -0.15) is 0 Å². The topological polar surface area (TPSA) is 64.8 Å². The standard InChI is InChI=1S/C10H20N2O3/c1-10(2,14-3)4-5-12-7-8(6-11)15-9(12)13/h8H,4-7,11H2,1-3H3. The first-order valence-electron chi connectivity index (χ1n) is 5.19. The Bertz CT molecular complexity index is 231. The van der Waals surface area contributed by atoms with Crippen LogP contribution in [-0.2, 0) is 9.47 Å². The Morgan fingerprint density at radius 1 is 1.67 bits per heavy atom. The maximum absolute atomic E-state index is 11.4. The second-order valence-electron chi connectivity index (χ2n) is 4.40. The Hall–Kier alpha value is -0.810. The molecule has 1 atom stereocenters. The molecule has 0 saturated carbocycles. The largest absolute Gasteiger partial charge is 0.443 e. The number of hydrogen-bond acceptors (Lipinski definition) is 4. The van der Waals surface area contributed by atoms with Crippen LogP contribution < -0.4 is 5.73 Å². The first kappa shape index (κ1) is 12.3. The van der Waals surface area contributed by atoms with Crippen molar-refractivity contribution in [3.8, 4) is 0 Å². The third kappa shape index (κ3) is 3.35. The van der Waals surface area contributed by atoms with Crippen LogP contribution in [0.1, 0.15) is 20.3 Å². The van der Waals surface area contributed by atoms with Gasteiger partial charge in [-0.15, -0.1) is 0 Å². The van der Waals surface area contributed by atoms with E-state index in [2.05, 4.69) is 0 Å². The van der Waals surface area contributed by atoms with Crippen LogP contribution in [0, 0.1) is 0 Å². The summed E-state index contributed by atoms with van der Waals surface area (Å²) in [6.45, 7) is 5.62. The number of hydrogen-bond donors (Lipinski definition) is 1. The van der Waals surface area contributed by atoms with Crippen LogP contribution in [0.5, 0.6) is 0 Å². The van der Waals surface area contributed by atoms with Gasteiger partial charge < -0.3 is 20.1 Å². The van der Waals surface area contributed by atoms with Crippen molar-refractivity contribution in [1.29, 1.82) is 0 Å². The predicted molar refractivity (Wildman–Crippen MR) is 56.6 cm³/mol. The number of carbonyl (C=O) groups is 1. The summed E-state index contributed by atoms with van der Waals surface area (Å²) in [4.78, 5) is 13.0. The van der Waals surface area contributed by atoms with Crippen LogP contribution in [0.15, 0.2) is 0 Å². The molecular formula is C10H20N2O3. The molecule has 1 rings (SSSR count). The first-order chi connectivity index (χ1) is 6.98. The van der Waals surface area contributed by atoms with E-state index < -0.39 is 0 Å². The van der Waals surface area contributed by atoms with Gasteiger partial charge in [0.1, 0.15) is 6.10 Å². The van der Waals surface area contributed by atoms with E-state index in [4.69, 9.17) is 15.2 Å². The first-order valence-corrected chi connectivity index (χ1v) is 5.19. The molecule has 1 fully saturated rings. The molecule has 0 spiro atoms. The molecule has 1 heterocycles. The van der Waals surface area contributed by atoms with Crippen molar-refractivity contribution < 1.29 is 14.3 Å². The molecule has 1 aliphatic rings. The average molecular weight is 216 g/mol. The summed E-state index contributed by atoms with van der Waals surface area (Å²) in [5.74, 6) is 0. The average Bonchev–Trinajstić information content (AvgIpc) is 2.57. The number of methoxy groups -OCH3 is 1. The van der Waals surface area contributed by atoms with E-state index >= 15 is 0 Å². The molecule has 5 nitrogen and oxygen atoms in total. The molecule has 0 radical (unpaired) electrons. The van der Waals surface area contributed by atoms with Crippen molar-refractivity contribution in [1.82, 2.24) is 4.90 Å². The Morgan fingerprint density at radius 3 is 2.80 bits per heavy atom. The third-order valence-electron chi connectivity index (χ3n) is 2.75. The molecule has 88 valence electrons. The summed E-state index contributed by atoms with van der Waals surface area (Å²) < 4.78 is 10.3. The molecule has 0 aromatic heterocycles. The quantitative estimate of drug-likeness (QED) is 0.730. The number of cyclic esters (lactones) is 1. The summed E-state index contributed by atoms with van der Waals surface area (Å²) in [6.07, 6.45) is 0.371. The Labute approximate surface area is 90.5 Å². The van der Waals surface area contributed by atoms with Crippen molar-refractivity contribution in [2.75, 3.05) is 26.7 Å². The minimum absolute atomic E-state index is 0.150. The molecule has 0 bridgehead atoms. The molecule has 1 unspecified atom stereocenters. The summed E-state index contributed by atoms with van der Waals surface area (Å²) >= 11 is 0. The highest BCUT2D eigenvalue weighted by atomic mass is 16.6. The Balaban J connectivity index is 2.37. The Morgan fingerprint density at radius 2 is 2.33 bits per heavy atom. The molecule has 1 saturated heterocycles. The number of amides is 1. The normalized spacial score (nSPS) is 22.0. The van der Waals surface area contributed by atoms with Gasteiger partial charge in [-0.1, -0.05) is 0 Å². The van der Waals surface area contributed by atoms with Gasteiger partial charge in [-0.25, -0.2) is 4.79 Å². The van der Waals surface area contributed by atoms with Crippen LogP contribution in [-0.4, -0.2) is 49.4 Å². The zero-order valence-corrected chi connectivity index (χ0v) is 9.66. The van der Waals surface area contributed by atoms with Gasteiger partial charge in [0.05, 0.1) is 12.1 Å². The lowest BCUT2D eigenvalue weighted by Gasteiger charge is -2.25. The minimum Gasteiger partial charge on any atom is -0.443 e. The SMILES string of the molecule is COC(C)(C)CCN1CC(CN)OC1=O. The van der Waals surface area contributed by atoms with Gasteiger partial charge in [-0.3, -0.25) is 0 Å². The van der Waals surface area contributed by atoms with E-state index in [1.165, 1.54) is 0 Å². The molecule has 1 aliphatic heterocycles. The number of nitrogens with two attached hydrogens (primary N) is 1. The lowest BCUT2D eigenvalue weighted by molar-refractivity contribution is 0.0107. The van der Waals surface area contributed by atoms with Gasteiger partial charge in [0, 0.05) is 20.2 Å². The number of rotatable bonds is 5. The highest BCUT2D eigenvalue weighted by Crippen LogP contribution is 2.17. The van der Waals surface area contributed by atoms with Gasteiger partial charge in [0.2, 0.25) is 0 Å². The van der Waals surface area contributed by atoms with Crippen LogP contribution in [0.2, 0.25) is 0 Å². The number of nitrogens with zero attached hydrogens (tertiary/aromatic N) is 1.